The number of para-hydroxylation sites is 3. The van der Waals surface area contributed by atoms with Gasteiger partial charge in [0.2, 0.25) is 0 Å². The van der Waals surface area contributed by atoms with E-state index in [0.717, 1.165) is 39.4 Å². The van der Waals surface area contributed by atoms with Crippen LogP contribution in [0, 0.1) is 0 Å². The van der Waals surface area contributed by atoms with Crippen molar-refractivity contribution in [1.29, 1.82) is 0 Å². The smallest absolute Gasteiger partial charge is 0.0713 e. The number of nitrogens with zero attached hydrogens (tertiary/aromatic N) is 2. The van der Waals surface area contributed by atoms with E-state index in [1.54, 1.807) is 0 Å². The molecule has 12 aromatic rings. The maximum absolute atomic E-state index is 2.48. The second-order valence-electron chi connectivity index (χ2n) is 18.0. The van der Waals surface area contributed by atoms with Crippen LogP contribution >= 0.6 is 0 Å². The Morgan fingerprint density at radius 3 is 1.55 bits per heavy atom. The predicted octanol–water partition coefficient (Wildman–Crippen LogP) is 17.6. The van der Waals surface area contributed by atoms with Gasteiger partial charge in [0.05, 0.1) is 22.1 Å². The van der Waals surface area contributed by atoms with Crippen LogP contribution in [0.4, 0.5) is 17.1 Å². The van der Waals surface area contributed by atoms with Crippen molar-refractivity contribution in [2.75, 3.05) is 4.90 Å². The molecule has 0 fully saturated rings. The first kappa shape index (κ1) is 40.3. The lowest BCUT2D eigenvalue weighted by molar-refractivity contribution is 0.768. The van der Waals surface area contributed by atoms with E-state index in [9.17, 15) is 0 Å². The number of hydrogen-bond donors (Lipinski definition) is 0. The van der Waals surface area contributed by atoms with Crippen molar-refractivity contribution in [3.8, 4) is 50.2 Å². The third kappa shape index (κ3) is 6.56. The Bertz CT molecular complexity index is 3780. The molecular formula is C67H46N2. The molecule has 0 saturated heterocycles. The van der Waals surface area contributed by atoms with Gasteiger partial charge in [0, 0.05) is 33.4 Å². The van der Waals surface area contributed by atoms with E-state index < -0.39 is 5.41 Å². The number of anilines is 3. The average molecular weight is 879 g/mol. The number of rotatable bonds is 9. The summed E-state index contributed by atoms with van der Waals surface area (Å²) in [7, 11) is 0. The molecule has 0 radical (unpaired) electrons. The molecule has 2 nitrogen and oxygen atoms in total. The van der Waals surface area contributed by atoms with Crippen LogP contribution in [0.3, 0.4) is 0 Å². The quantitative estimate of drug-likeness (QED) is 0.140. The van der Waals surface area contributed by atoms with E-state index in [2.05, 4.69) is 289 Å². The average Bonchev–Trinajstić information content (AvgIpc) is 3.92. The molecule has 0 unspecified atom stereocenters. The Balaban J connectivity index is 1.00. The molecule has 0 spiro atoms. The van der Waals surface area contributed by atoms with Crippen LogP contribution < -0.4 is 4.90 Å². The monoisotopic (exact) mass is 878 g/mol. The molecule has 69 heavy (non-hydrogen) atoms. The summed E-state index contributed by atoms with van der Waals surface area (Å²) < 4.78 is 2.48. The summed E-state index contributed by atoms with van der Waals surface area (Å²) in [5.74, 6) is 0. The Kier molecular flexibility index (Phi) is 9.77. The molecule has 1 heterocycles. The van der Waals surface area contributed by atoms with Gasteiger partial charge in [-0.15, -0.1) is 0 Å². The van der Waals surface area contributed by atoms with Crippen LogP contribution in [0.1, 0.15) is 22.3 Å². The normalized spacial score (nSPS) is 12.5. The summed E-state index contributed by atoms with van der Waals surface area (Å²) in [6, 6.07) is 102. The molecule has 0 amide bonds. The molecule has 1 aromatic heterocycles. The second kappa shape index (κ2) is 16.7. The van der Waals surface area contributed by atoms with E-state index in [4.69, 9.17) is 0 Å². The summed E-state index contributed by atoms with van der Waals surface area (Å²) in [5.41, 5.74) is 21.0. The van der Waals surface area contributed by atoms with Crippen molar-refractivity contribution in [1.82, 2.24) is 4.57 Å². The zero-order valence-electron chi connectivity index (χ0n) is 38.0. The fraction of sp³-hybridized carbons (Fsp3) is 0.0149. The molecule has 1 aliphatic carbocycles. The first-order chi connectivity index (χ1) is 34.3. The minimum Gasteiger partial charge on any atom is -0.310 e. The molecule has 324 valence electrons. The summed E-state index contributed by atoms with van der Waals surface area (Å²) in [5, 5.41) is 2.45. The molecule has 0 N–H and O–H groups in total. The summed E-state index contributed by atoms with van der Waals surface area (Å²) in [6.07, 6.45) is 0. The summed E-state index contributed by atoms with van der Waals surface area (Å²) in [6.45, 7) is 0. The molecular weight excluding hydrogens is 833 g/mol. The topological polar surface area (TPSA) is 8.17 Å². The fourth-order valence-corrected chi connectivity index (χ4v) is 11.3. The molecule has 1 aliphatic rings. The minimum atomic E-state index is -0.459. The van der Waals surface area contributed by atoms with E-state index in [1.165, 1.54) is 71.9 Å². The number of fused-ring (bicyclic) bond motifs is 6. The Hall–Kier alpha value is -8.98. The van der Waals surface area contributed by atoms with Crippen LogP contribution in [0.5, 0.6) is 0 Å². The van der Waals surface area contributed by atoms with Gasteiger partial charge in [0.1, 0.15) is 0 Å². The van der Waals surface area contributed by atoms with Gasteiger partial charge >= 0.3 is 0 Å². The Morgan fingerprint density at radius 1 is 0.290 bits per heavy atom. The van der Waals surface area contributed by atoms with E-state index in [0.29, 0.717) is 0 Å². The van der Waals surface area contributed by atoms with Crippen molar-refractivity contribution in [3.63, 3.8) is 0 Å². The SMILES string of the molecule is c1ccc(-c2ccc(N(c3ccccc3)c3ccccc3-c3ccc4c5ccccc5n(-c5ccc6c(c5)-c5ccccc5C6(c5ccccc5)c5ccccc5)c4c3)cc2-c2ccccc2)cc1. The van der Waals surface area contributed by atoms with E-state index >= 15 is 0 Å². The fourth-order valence-electron chi connectivity index (χ4n) is 11.3. The summed E-state index contributed by atoms with van der Waals surface area (Å²) >= 11 is 0. The zero-order chi connectivity index (χ0) is 45.7. The van der Waals surface area contributed by atoms with Crippen molar-refractivity contribution in [3.05, 3.63) is 301 Å². The maximum atomic E-state index is 2.48. The molecule has 2 heteroatoms. The lowest BCUT2D eigenvalue weighted by Crippen LogP contribution is -2.28. The Morgan fingerprint density at radius 2 is 0.841 bits per heavy atom. The van der Waals surface area contributed by atoms with E-state index in [1.807, 2.05) is 0 Å². The van der Waals surface area contributed by atoms with Gasteiger partial charge in [-0.2, -0.15) is 0 Å². The van der Waals surface area contributed by atoms with Gasteiger partial charge in [0.15, 0.2) is 0 Å². The molecule has 11 aromatic carbocycles. The van der Waals surface area contributed by atoms with Gasteiger partial charge < -0.3 is 9.47 Å². The highest BCUT2D eigenvalue weighted by Gasteiger charge is 2.46. The van der Waals surface area contributed by atoms with Gasteiger partial charge in [-0.05, 0) is 116 Å². The van der Waals surface area contributed by atoms with Crippen molar-refractivity contribution < 1.29 is 0 Å². The van der Waals surface area contributed by atoms with Gasteiger partial charge in [0.25, 0.3) is 0 Å². The standard InChI is InChI=1S/C67H46N2/c1-6-22-47(23-7-1)55-42-39-53(45-60(55)48-24-8-2-9-25-48)68(52-30-14-5-15-31-52)64-36-20-17-32-56(64)49-38-41-59-58-34-18-21-37-65(58)69(66(59)44-49)54-40-43-63-61(46-54)57-33-16-19-35-62(57)67(63,50-26-10-3-11-27-50)51-28-12-4-13-29-51/h1-46H. The number of hydrogen-bond acceptors (Lipinski definition) is 1. The molecule has 0 aliphatic heterocycles. The lowest BCUT2D eigenvalue weighted by atomic mass is 9.68. The maximum Gasteiger partial charge on any atom is 0.0713 e. The number of benzene rings is 11. The predicted molar refractivity (Wildman–Crippen MR) is 289 cm³/mol. The van der Waals surface area contributed by atoms with Crippen molar-refractivity contribution in [2.45, 2.75) is 5.41 Å². The lowest BCUT2D eigenvalue weighted by Gasteiger charge is -2.33. The zero-order valence-corrected chi connectivity index (χ0v) is 38.0. The molecule has 0 atom stereocenters. The molecule has 0 bridgehead atoms. The van der Waals surface area contributed by atoms with Gasteiger partial charge in [-0.3, -0.25) is 0 Å². The van der Waals surface area contributed by atoms with Gasteiger partial charge in [-0.1, -0.05) is 224 Å². The highest BCUT2D eigenvalue weighted by molar-refractivity contribution is 6.11. The van der Waals surface area contributed by atoms with E-state index in [-0.39, 0.29) is 0 Å². The third-order valence-electron chi connectivity index (χ3n) is 14.3. The highest BCUT2D eigenvalue weighted by Crippen LogP contribution is 2.56. The van der Waals surface area contributed by atoms with Crippen LogP contribution in [0.15, 0.2) is 279 Å². The largest absolute Gasteiger partial charge is 0.310 e. The highest BCUT2D eigenvalue weighted by atomic mass is 15.1. The first-order valence-corrected chi connectivity index (χ1v) is 23.8. The van der Waals surface area contributed by atoms with Crippen molar-refractivity contribution in [2.24, 2.45) is 0 Å². The van der Waals surface area contributed by atoms with Crippen LogP contribution in [-0.4, -0.2) is 4.57 Å². The minimum absolute atomic E-state index is 0.459. The van der Waals surface area contributed by atoms with Crippen LogP contribution in [-0.2, 0) is 5.41 Å². The number of aromatic nitrogens is 1. The molecule has 0 saturated carbocycles. The second-order valence-corrected chi connectivity index (χ2v) is 18.0. The molecule has 13 rings (SSSR count). The summed E-state index contributed by atoms with van der Waals surface area (Å²) in [4.78, 5) is 2.42. The Labute approximate surface area is 403 Å². The van der Waals surface area contributed by atoms with Crippen LogP contribution in [0.2, 0.25) is 0 Å². The van der Waals surface area contributed by atoms with Crippen molar-refractivity contribution >= 4 is 38.9 Å². The third-order valence-corrected chi connectivity index (χ3v) is 14.3. The van der Waals surface area contributed by atoms with Crippen LogP contribution in [0.25, 0.3) is 72.0 Å². The van der Waals surface area contributed by atoms with Gasteiger partial charge in [-0.25, -0.2) is 0 Å². The first-order valence-electron chi connectivity index (χ1n) is 23.8.